The quantitative estimate of drug-likeness (QED) is 0.858. The van der Waals surface area contributed by atoms with Crippen molar-refractivity contribution in [1.82, 2.24) is 0 Å². The number of methoxy groups -OCH3 is 1. The number of nitrogens with one attached hydrogen (secondary N) is 1. The monoisotopic (exact) mass is 285 g/mol. The van der Waals surface area contributed by atoms with E-state index in [9.17, 15) is 0 Å². The fraction of sp³-hybridized carbons (Fsp3) is 0.455. The standard InChI is InChI=1S/C11H15N3OSe/c1-8(7-15-2)6-12-9-4-3-5-10-11(9)14-16-13-10/h3-5,8,12H,6-7H2,1-2H3. The van der Waals surface area contributed by atoms with Crippen molar-refractivity contribution >= 4 is 31.6 Å². The zero-order chi connectivity index (χ0) is 11.4. The summed E-state index contributed by atoms with van der Waals surface area (Å²) in [6.45, 7) is 3.82. The van der Waals surface area contributed by atoms with Crippen LogP contribution in [0.25, 0.3) is 0 Å². The maximum atomic E-state index is 5.11. The summed E-state index contributed by atoms with van der Waals surface area (Å²) in [6.07, 6.45) is 0. The zero-order valence-corrected chi connectivity index (χ0v) is 11.1. The van der Waals surface area contributed by atoms with Crippen molar-refractivity contribution in [3.63, 3.8) is 0 Å². The van der Waals surface area contributed by atoms with E-state index in [1.165, 1.54) is 0 Å². The first-order chi connectivity index (χ1) is 7.81. The molecule has 2 rings (SSSR count). The van der Waals surface area contributed by atoms with Gasteiger partial charge in [0.1, 0.15) is 0 Å². The fourth-order valence-electron chi connectivity index (χ4n) is 1.58. The van der Waals surface area contributed by atoms with Gasteiger partial charge in [0.25, 0.3) is 0 Å². The third-order valence-corrected chi connectivity index (χ3v) is 3.52. The molecule has 86 valence electrons. The molecule has 0 saturated carbocycles. The van der Waals surface area contributed by atoms with Crippen LogP contribution < -0.4 is 5.32 Å². The second kappa shape index (κ2) is 5.43. The molecule has 1 heterocycles. The molecule has 0 fully saturated rings. The van der Waals surface area contributed by atoms with Gasteiger partial charge in [-0.3, -0.25) is 0 Å². The van der Waals surface area contributed by atoms with E-state index in [-0.39, 0.29) is 14.6 Å². The third-order valence-electron chi connectivity index (χ3n) is 2.38. The summed E-state index contributed by atoms with van der Waals surface area (Å²) in [6, 6.07) is 6.08. The molecule has 4 nitrogen and oxygen atoms in total. The van der Waals surface area contributed by atoms with E-state index in [1.54, 1.807) is 7.11 Å². The Morgan fingerprint density at radius 1 is 1.44 bits per heavy atom. The van der Waals surface area contributed by atoms with Crippen molar-refractivity contribution in [3.8, 4) is 0 Å². The van der Waals surface area contributed by atoms with Crippen molar-refractivity contribution in [2.24, 2.45) is 13.8 Å². The molecule has 1 N–H and O–H groups in total. The van der Waals surface area contributed by atoms with Gasteiger partial charge in [0.05, 0.1) is 0 Å². The SMILES string of the molecule is COCC(C)CNc1cccc2c1N=[Se]=N2. The van der Waals surface area contributed by atoms with Crippen LogP contribution >= 0.6 is 0 Å². The summed E-state index contributed by atoms with van der Waals surface area (Å²) in [5, 5.41) is 3.41. The fourth-order valence-corrected chi connectivity index (χ4v) is 2.73. The van der Waals surface area contributed by atoms with Crippen LogP contribution in [-0.4, -0.2) is 34.8 Å². The van der Waals surface area contributed by atoms with Crippen LogP contribution in [0.2, 0.25) is 0 Å². The van der Waals surface area contributed by atoms with Crippen LogP contribution in [-0.2, 0) is 4.74 Å². The molecular formula is C11H15N3OSe. The first-order valence-corrected chi connectivity index (χ1v) is 6.78. The van der Waals surface area contributed by atoms with Crippen LogP contribution in [0, 0.1) is 5.92 Å². The van der Waals surface area contributed by atoms with E-state index in [1.807, 2.05) is 12.1 Å². The molecule has 0 amide bonds. The first kappa shape index (κ1) is 11.6. The van der Waals surface area contributed by atoms with Gasteiger partial charge < -0.3 is 0 Å². The summed E-state index contributed by atoms with van der Waals surface area (Å²) in [5.74, 6) is 0.490. The Hall–Kier alpha value is -0.901. The number of nitrogens with zero attached hydrogens (tertiary/aromatic N) is 2. The molecule has 0 aromatic heterocycles. The molecule has 0 saturated heterocycles. The molecule has 0 spiro atoms. The number of anilines is 1. The molecule has 1 unspecified atom stereocenters. The summed E-state index contributed by atoms with van der Waals surface area (Å²) >= 11 is 0.0399. The van der Waals surface area contributed by atoms with Gasteiger partial charge in [-0.05, 0) is 0 Å². The third kappa shape index (κ3) is 2.61. The molecule has 16 heavy (non-hydrogen) atoms. The van der Waals surface area contributed by atoms with Gasteiger partial charge in [-0.15, -0.1) is 0 Å². The summed E-state index contributed by atoms with van der Waals surface area (Å²) in [4.78, 5) is 0. The zero-order valence-electron chi connectivity index (χ0n) is 9.43. The predicted octanol–water partition coefficient (Wildman–Crippen LogP) is 2.73. The molecule has 0 radical (unpaired) electrons. The van der Waals surface area contributed by atoms with Crippen molar-refractivity contribution in [1.29, 1.82) is 0 Å². The normalized spacial score (nSPS) is 14.4. The molecule has 1 aromatic rings. The average molecular weight is 284 g/mol. The first-order valence-electron chi connectivity index (χ1n) is 5.25. The predicted molar refractivity (Wildman–Crippen MR) is 65.9 cm³/mol. The van der Waals surface area contributed by atoms with Crippen LogP contribution in [0.15, 0.2) is 26.1 Å². The van der Waals surface area contributed by atoms with E-state index in [0.717, 1.165) is 30.2 Å². The summed E-state index contributed by atoms with van der Waals surface area (Å²) in [7, 11) is 1.73. The van der Waals surface area contributed by atoms with Gasteiger partial charge in [0, 0.05) is 0 Å². The Kier molecular flexibility index (Phi) is 3.93. The number of benzene rings is 1. The van der Waals surface area contributed by atoms with Gasteiger partial charge in [0.15, 0.2) is 0 Å². The number of hydrogen-bond acceptors (Lipinski definition) is 4. The number of ether oxygens (including phenoxy) is 1. The van der Waals surface area contributed by atoms with Crippen molar-refractivity contribution < 1.29 is 4.74 Å². The van der Waals surface area contributed by atoms with Crippen LogP contribution in [0.1, 0.15) is 6.92 Å². The van der Waals surface area contributed by atoms with E-state index in [0.29, 0.717) is 5.92 Å². The summed E-state index contributed by atoms with van der Waals surface area (Å²) in [5.41, 5.74) is 3.13. The molecule has 0 aliphatic carbocycles. The Bertz CT molecular complexity index is 441. The average Bonchev–Trinajstić information content (AvgIpc) is 2.75. The Balaban J connectivity index is 2.01. The van der Waals surface area contributed by atoms with Gasteiger partial charge in [-0.1, -0.05) is 0 Å². The van der Waals surface area contributed by atoms with E-state index in [4.69, 9.17) is 4.74 Å². The second-order valence-electron chi connectivity index (χ2n) is 3.88. The Labute approximate surface area is 101 Å². The molecule has 5 heteroatoms. The Morgan fingerprint density at radius 2 is 2.31 bits per heavy atom. The van der Waals surface area contributed by atoms with Crippen molar-refractivity contribution in [3.05, 3.63) is 18.2 Å². The molecular weight excluding hydrogens is 269 g/mol. The topological polar surface area (TPSA) is 46.0 Å². The number of fused-ring (bicyclic) bond motifs is 1. The minimum atomic E-state index is 0.0399. The van der Waals surface area contributed by atoms with Gasteiger partial charge in [-0.2, -0.15) is 0 Å². The van der Waals surface area contributed by atoms with E-state index >= 15 is 0 Å². The van der Waals surface area contributed by atoms with Crippen LogP contribution in [0.3, 0.4) is 0 Å². The van der Waals surface area contributed by atoms with Crippen LogP contribution in [0.4, 0.5) is 17.1 Å². The van der Waals surface area contributed by atoms with E-state index < -0.39 is 0 Å². The maximum absolute atomic E-state index is 5.11. The number of hydrogen-bond donors (Lipinski definition) is 1. The van der Waals surface area contributed by atoms with Gasteiger partial charge in [0.2, 0.25) is 0 Å². The van der Waals surface area contributed by atoms with Gasteiger partial charge >= 0.3 is 101 Å². The Morgan fingerprint density at radius 3 is 3.12 bits per heavy atom. The second-order valence-corrected chi connectivity index (χ2v) is 4.99. The van der Waals surface area contributed by atoms with E-state index in [2.05, 4.69) is 26.2 Å². The van der Waals surface area contributed by atoms with Gasteiger partial charge in [-0.25, -0.2) is 0 Å². The summed E-state index contributed by atoms with van der Waals surface area (Å²) < 4.78 is 13.9. The molecule has 1 aliphatic rings. The molecule has 1 aliphatic heterocycles. The van der Waals surface area contributed by atoms with Crippen molar-refractivity contribution in [2.75, 3.05) is 25.6 Å². The molecule has 1 atom stereocenters. The van der Waals surface area contributed by atoms with Crippen molar-refractivity contribution in [2.45, 2.75) is 6.92 Å². The molecule has 0 bridgehead atoms. The minimum absolute atomic E-state index is 0.0399. The van der Waals surface area contributed by atoms with Crippen LogP contribution in [0.5, 0.6) is 0 Å². The molecule has 1 aromatic carbocycles. The number of rotatable bonds is 5.